The van der Waals surface area contributed by atoms with Crippen molar-refractivity contribution in [1.82, 2.24) is 0 Å². The van der Waals surface area contributed by atoms with Crippen LogP contribution in [0.5, 0.6) is 5.75 Å². The number of hydrogen-bond acceptors (Lipinski definition) is 5. The number of hydrogen-bond donors (Lipinski definition) is 0. The summed E-state index contributed by atoms with van der Waals surface area (Å²) in [5.74, 6) is -0.0133. The molecule has 132 valence electrons. The molecular weight excluding hydrogens is 398 g/mol. The number of cyclic esters (lactones) is 1. The van der Waals surface area contributed by atoms with E-state index in [1.165, 1.54) is 0 Å². The van der Waals surface area contributed by atoms with Gasteiger partial charge in [0, 0.05) is 16.5 Å². The third-order valence-electron chi connectivity index (χ3n) is 3.58. The van der Waals surface area contributed by atoms with E-state index in [-0.39, 0.29) is 17.6 Å². The Bertz CT molecular complexity index is 883. The Morgan fingerprint density at radius 1 is 1.15 bits per heavy atom. The second-order valence-corrected chi connectivity index (χ2v) is 6.55. The SMILES string of the molecule is CCCC(=O)Oc1ccc(/C=C2\N=C(c3ccc(Br)cc3)OC2=O)cc1. The van der Waals surface area contributed by atoms with Crippen LogP contribution in [0.3, 0.4) is 0 Å². The maximum Gasteiger partial charge on any atom is 0.363 e. The number of carbonyl (C=O) groups is 2. The first-order valence-electron chi connectivity index (χ1n) is 8.14. The van der Waals surface area contributed by atoms with Crippen molar-refractivity contribution >= 4 is 39.8 Å². The summed E-state index contributed by atoms with van der Waals surface area (Å²) in [6.45, 7) is 1.92. The number of benzene rings is 2. The highest BCUT2D eigenvalue weighted by molar-refractivity contribution is 9.10. The molecule has 1 aliphatic heterocycles. The topological polar surface area (TPSA) is 65.0 Å². The number of rotatable bonds is 5. The standard InChI is InChI=1S/C20H16BrNO4/c1-2-3-18(23)25-16-10-4-13(5-11-16)12-17-20(24)26-19(22-17)14-6-8-15(21)9-7-14/h4-12H,2-3H2,1H3/b17-12-. The molecule has 3 rings (SSSR count). The molecule has 0 aromatic heterocycles. The van der Waals surface area contributed by atoms with Crippen LogP contribution < -0.4 is 4.74 Å². The van der Waals surface area contributed by atoms with E-state index >= 15 is 0 Å². The van der Waals surface area contributed by atoms with Crippen molar-refractivity contribution in [3.63, 3.8) is 0 Å². The lowest BCUT2D eigenvalue weighted by Gasteiger charge is -2.03. The molecule has 0 bridgehead atoms. The first kappa shape index (κ1) is 18.1. The normalized spacial score (nSPS) is 14.9. The number of aliphatic imine (C=N–C) groups is 1. The number of carbonyl (C=O) groups excluding carboxylic acids is 2. The predicted octanol–water partition coefficient (Wildman–Crippen LogP) is 4.50. The fourth-order valence-corrected chi connectivity index (χ4v) is 2.57. The maximum atomic E-state index is 12.0. The summed E-state index contributed by atoms with van der Waals surface area (Å²) in [4.78, 5) is 27.8. The maximum absolute atomic E-state index is 12.0. The summed E-state index contributed by atoms with van der Waals surface area (Å²) in [6, 6.07) is 14.2. The van der Waals surface area contributed by atoms with Crippen LogP contribution in [0, 0.1) is 0 Å². The highest BCUT2D eigenvalue weighted by Crippen LogP contribution is 2.21. The molecule has 5 nitrogen and oxygen atoms in total. The fraction of sp³-hybridized carbons (Fsp3) is 0.150. The lowest BCUT2D eigenvalue weighted by atomic mass is 10.2. The molecular formula is C20H16BrNO4. The van der Waals surface area contributed by atoms with E-state index < -0.39 is 5.97 Å². The molecule has 0 aliphatic carbocycles. The van der Waals surface area contributed by atoms with Gasteiger partial charge in [0.2, 0.25) is 5.90 Å². The van der Waals surface area contributed by atoms with Gasteiger partial charge >= 0.3 is 11.9 Å². The Labute approximate surface area is 159 Å². The summed E-state index contributed by atoms with van der Waals surface area (Å²) < 4.78 is 11.4. The van der Waals surface area contributed by atoms with Crippen LogP contribution in [0.1, 0.15) is 30.9 Å². The lowest BCUT2D eigenvalue weighted by molar-refractivity contribution is -0.134. The van der Waals surface area contributed by atoms with Crippen molar-refractivity contribution in [1.29, 1.82) is 0 Å². The predicted molar refractivity (Wildman–Crippen MR) is 102 cm³/mol. The van der Waals surface area contributed by atoms with Gasteiger partial charge in [-0.1, -0.05) is 35.0 Å². The lowest BCUT2D eigenvalue weighted by Crippen LogP contribution is -2.06. The van der Waals surface area contributed by atoms with Crippen LogP contribution in [0.4, 0.5) is 0 Å². The van der Waals surface area contributed by atoms with Crippen LogP contribution in [-0.4, -0.2) is 17.8 Å². The molecule has 0 radical (unpaired) electrons. The molecule has 1 aliphatic rings. The second-order valence-electron chi connectivity index (χ2n) is 5.64. The second kappa shape index (κ2) is 8.10. The summed E-state index contributed by atoms with van der Waals surface area (Å²) in [5, 5.41) is 0. The third-order valence-corrected chi connectivity index (χ3v) is 4.11. The van der Waals surface area contributed by atoms with E-state index in [2.05, 4.69) is 20.9 Å². The van der Waals surface area contributed by atoms with Crippen molar-refractivity contribution in [2.24, 2.45) is 4.99 Å². The minimum atomic E-state index is -0.499. The average molecular weight is 414 g/mol. The van der Waals surface area contributed by atoms with Crippen molar-refractivity contribution in [2.45, 2.75) is 19.8 Å². The average Bonchev–Trinajstić information content (AvgIpc) is 2.98. The van der Waals surface area contributed by atoms with E-state index in [0.717, 1.165) is 22.0 Å². The van der Waals surface area contributed by atoms with Crippen molar-refractivity contribution in [3.05, 3.63) is 69.8 Å². The van der Waals surface area contributed by atoms with Gasteiger partial charge in [0.05, 0.1) is 0 Å². The van der Waals surface area contributed by atoms with E-state index in [9.17, 15) is 9.59 Å². The quantitative estimate of drug-likeness (QED) is 0.411. The number of ether oxygens (including phenoxy) is 2. The summed E-state index contributed by atoms with van der Waals surface area (Å²) in [5.41, 5.74) is 1.70. The van der Waals surface area contributed by atoms with E-state index in [4.69, 9.17) is 9.47 Å². The molecule has 0 saturated heterocycles. The number of esters is 2. The van der Waals surface area contributed by atoms with E-state index in [0.29, 0.717) is 12.2 Å². The van der Waals surface area contributed by atoms with Crippen LogP contribution in [0.2, 0.25) is 0 Å². The molecule has 26 heavy (non-hydrogen) atoms. The van der Waals surface area contributed by atoms with E-state index in [1.54, 1.807) is 30.3 Å². The third kappa shape index (κ3) is 4.46. The molecule has 0 unspecified atom stereocenters. The summed E-state index contributed by atoms with van der Waals surface area (Å²) in [6.07, 6.45) is 2.75. The first-order chi connectivity index (χ1) is 12.5. The molecule has 6 heteroatoms. The minimum Gasteiger partial charge on any atom is -0.427 e. The molecule has 1 heterocycles. The Morgan fingerprint density at radius 3 is 2.50 bits per heavy atom. The molecule has 0 saturated carbocycles. The zero-order valence-electron chi connectivity index (χ0n) is 14.1. The van der Waals surface area contributed by atoms with Crippen molar-refractivity contribution in [3.8, 4) is 5.75 Å². The highest BCUT2D eigenvalue weighted by Gasteiger charge is 2.24. The molecule has 2 aromatic rings. The Hall–Kier alpha value is -2.73. The van der Waals surface area contributed by atoms with Crippen LogP contribution in [0.15, 0.2) is 63.7 Å². The largest absolute Gasteiger partial charge is 0.427 e. The van der Waals surface area contributed by atoms with Gasteiger partial charge < -0.3 is 9.47 Å². The van der Waals surface area contributed by atoms with Gasteiger partial charge in [-0.25, -0.2) is 9.79 Å². The molecule has 0 spiro atoms. The zero-order valence-corrected chi connectivity index (χ0v) is 15.7. The van der Waals surface area contributed by atoms with Gasteiger partial charge in [-0.15, -0.1) is 0 Å². The Balaban J connectivity index is 1.75. The summed E-state index contributed by atoms with van der Waals surface area (Å²) >= 11 is 3.36. The zero-order chi connectivity index (χ0) is 18.5. The highest BCUT2D eigenvalue weighted by atomic mass is 79.9. The molecule has 0 fully saturated rings. The van der Waals surface area contributed by atoms with Crippen LogP contribution >= 0.6 is 15.9 Å². The van der Waals surface area contributed by atoms with Gasteiger partial charge in [-0.2, -0.15) is 0 Å². The number of halogens is 1. The van der Waals surface area contributed by atoms with Gasteiger partial charge in [-0.3, -0.25) is 4.79 Å². The first-order valence-corrected chi connectivity index (χ1v) is 8.93. The molecule has 2 aromatic carbocycles. The van der Waals surface area contributed by atoms with Gasteiger partial charge in [-0.05, 0) is 54.5 Å². The van der Waals surface area contributed by atoms with Gasteiger partial charge in [0.25, 0.3) is 0 Å². The monoisotopic (exact) mass is 413 g/mol. The van der Waals surface area contributed by atoms with E-state index in [1.807, 2.05) is 31.2 Å². The van der Waals surface area contributed by atoms with Crippen molar-refractivity contribution in [2.75, 3.05) is 0 Å². The smallest absolute Gasteiger partial charge is 0.363 e. The molecule has 0 amide bonds. The van der Waals surface area contributed by atoms with Gasteiger partial charge in [0.15, 0.2) is 5.70 Å². The fourth-order valence-electron chi connectivity index (χ4n) is 2.30. The minimum absolute atomic E-state index is 0.221. The molecule has 0 N–H and O–H groups in total. The number of nitrogens with zero attached hydrogens (tertiary/aromatic N) is 1. The Morgan fingerprint density at radius 2 is 1.85 bits per heavy atom. The Kier molecular flexibility index (Phi) is 5.63. The van der Waals surface area contributed by atoms with Crippen LogP contribution in [0.25, 0.3) is 6.08 Å². The van der Waals surface area contributed by atoms with Crippen LogP contribution in [-0.2, 0) is 14.3 Å². The molecule has 0 atom stereocenters. The van der Waals surface area contributed by atoms with Gasteiger partial charge in [0.1, 0.15) is 5.75 Å². The van der Waals surface area contributed by atoms with Crippen molar-refractivity contribution < 1.29 is 19.1 Å². The summed E-state index contributed by atoms with van der Waals surface area (Å²) in [7, 11) is 0.